The van der Waals surface area contributed by atoms with Crippen molar-refractivity contribution in [2.24, 2.45) is 0 Å². The molecule has 4 rings (SSSR count). The summed E-state index contributed by atoms with van der Waals surface area (Å²) in [6.45, 7) is 1.30. The van der Waals surface area contributed by atoms with Crippen molar-refractivity contribution in [2.75, 3.05) is 12.4 Å². The number of halogens is 1. The number of hydrogen-bond donors (Lipinski definition) is 2. The molecule has 0 bridgehead atoms. The third-order valence-electron chi connectivity index (χ3n) is 5.62. The number of carboxylic acids is 1. The lowest BCUT2D eigenvalue weighted by Gasteiger charge is -2.22. The molecule has 0 unspecified atom stereocenters. The van der Waals surface area contributed by atoms with Crippen molar-refractivity contribution in [2.45, 2.75) is 19.3 Å². The minimum absolute atomic E-state index is 0.0125. The highest BCUT2D eigenvalue weighted by Crippen LogP contribution is 2.34. The summed E-state index contributed by atoms with van der Waals surface area (Å²) in [6.07, 6.45) is -2.14. The van der Waals surface area contributed by atoms with Crippen molar-refractivity contribution in [3.8, 4) is 16.9 Å². The number of nitrogens with one attached hydrogen (secondary N) is 1. The number of ether oxygens (including phenoxy) is 1. The number of methoxy groups -OCH3 is 1. The Bertz CT molecular complexity index is 1940. The van der Waals surface area contributed by atoms with Gasteiger partial charge in [-0.2, -0.15) is 0 Å². The van der Waals surface area contributed by atoms with Gasteiger partial charge in [0.15, 0.2) is 5.78 Å². The van der Waals surface area contributed by atoms with Crippen LogP contribution in [0.4, 0.5) is 5.69 Å². The first-order chi connectivity index (χ1) is 21.5. The maximum atomic E-state index is 13.9. The van der Waals surface area contributed by atoms with E-state index in [1.165, 1.54) is 56.5 Å². The molecule has 2 N–H and O–H groups in total. The lowest BCUT2D eigenvalue weighted by atomic mass is 9.97. The molecule has 0 aliphatic carbocycles. The molecule has 198 valence electrons. The lowest BCUT2D eigenvalue weighted by Crippen LogP contribution is -2.34. The second-order valence-electron chi connectivity index (χ2n) is 8.17. The minimum Gasteiger partial charge on any atom is -0.495 e. The topological polar surface area (TPSA) is 115 Å². The predicted molar refractivity (Wildman–Crippen MR) is 149 cm³/mol. The van der Waals surface area contributed by atoms with Gasteiger partial charge in [-0.05, 0) is 60.5 Å². The van der Waals surface area contributed by atoms with Gasteiger partial charge in [0.1, 0.15) is 11.8 Å². The summed E-state index contributed by atoms with van der Waals surface area (Å²) in [5.41, 5.74) is -1.47. The molecule has 0 aliphatic heterocycles. The Balaban J connectivity index is 1.99. The van der Waals surface area contributed by atoms with Gasteiger partial charge in [-0.15, -0.1) is 0 Å². The number of rotatable bonds is 9. The van der Waals surface area contributed by atoms with Crippen molar-refractivity contribution in [3.63, 3.8) is 0 Å². The first kappa shape index (κ1) is 19.4. The molecule has 1 amide bonds. The molecule has 8 nitrogen and oxygen atoms in total. The molecule has 0 aliphatic rings. The first-order valence-electron chi connectivity index (χ1n) is 14.8. The standard InChI is InChI=1S/C30H25ClN2O6/c1-18(34)23-13-10-21(31)15-24(23)25-16-28(35)33(17-27(25)39-2)26(14-19-6-4-3-5-7-19)29(36)32-22-11-8-20(9-12-22)30(37)38/h3-13,15-17,26H,14H2,1-2H3,(H,32,36)(H,37,38)/t26-/m0/s1/i3D,4D,5D,6D,7D,14D2. The first-order valence-corrected chi connectivity index (χ1v) is 11.7. The second kappa shape index (κ2) is 11.8. The van der Waals surface area contributed by atoms with E-state index in [2.05, 4.69) is 5.32 Å². The molecule has 0 saturated heterocycles. The number of pyridine rings is 1. The Morgan fingerprint density at radius 1 is 1.08 bits per heavy atom. The van der Waals surface area contributed by atoms with Crippen LogP contribution < -0.4 is 15.6 Å². The van der Waals surface area contributed by atoms with E-state index in [0.29, 0.717) is 4.57 Å². The molecule has 0 fully saturated rings. The number of aromatic carboxylic acids is 1. The highest BCUT2D eigenvalue weighted by molar-refractivity contribution is 6.31. The molecular formula is C30H25ClN2O6. The van der Waals surface area contributed by atoms with Crippen LogP contribution in [-0.4, -0.2) is 34.4 Å². The van der Waals surface area contributed by atoms with Crippen molar-refractivity contribution in [1.82, 2.24) is 4.57 Å². The van der Waals surface area contributed by atoms with Crippen LogP contribution in [0.1, 0.15) is 48.8 Å². The quantitative estimate of drug-likeness (QED) is 0.265. The number of nitrogens with zero attached hydrogens (tertiary/aromatic N) is 1. The number of carbonyl (C=O) groups is 3. The molecule has 1 heterocycles. The van der Waals surface area contributed by atoms with Gasteiger partial charge >= 0.3 is 5.97 Å². The zero-order chi connectivity index (χ0) is 34.2. The number of ketones is 1. The van der Waals surface area contributed by atoms with Crippen molar-refractivity contribution in [3.05, 3.63) is 117 Å². The number of amides is 1. The number of aromatic nitrogens is 1. The van der Waals surface area contributed by atoms with E-state index >= 15 is 0 Å². The number of anilines is 1. The summed E-state index contributed by atoms with van der Waals surface area (Å²) in [7, 11) is 1.23. The van der Waals surface area contributed by atoms with Gasteiger partial charge < -0.3 is 15.2 Å². The molecule has 3 aromatic carbocycles. The van der Waals surface area contributed by atoms with Crippen LogP contribution >= 0.6 is 11.6 Å². The van der Waals surface area contributed by atoms with Gasteiger partial charge in [-0.25, -0.2) is 4.79 Å². The lowest BCUT2D eigenvalue weighted by molar-refractivity contribution is -0.119. The Morgan fingerprint density at radius 3 is 2.38 bits per heavy atom. The second-order valence-corrected chi connectivity index (χ2v) is 8.60. The Labute approximate surface area is 239 Å². The summed E-state index contributed by atoms with van der Waals surface area (Å²) < 4.78 is 65.0. The minimum atomic E-state index is -3.14. The van der Waals surface area contributed by atoms with Crippen LogP contribution in [0.2, 0.25) is 5.02 Å². The molecule has 9 heteroatoms. The van der Waals surface area contributed by atoms with Crippen molar-refractivity contribution >= 4 is 34.9 Å². The van der Waals surface area contributed by atoms with Gasteiger partial charge in [0.05, 0.1) is 25.7 Å². The fourth-order valence-electron chi connectivity index (χ4n) is 3.78. The predicted octanol–water partition coefficient (Wildman–Crippen LogP) is 5.50. The normalized spacial score (nSPS) is 14.4. The summed E-state index contributed by atoms with van der Waals surface area (Å²) in [5, 5.41) is 11.8. The molecule has 4 aromatic rings. The summed E-state index contributed by atoms with van der Waals surface area (Å²) in [4.78, 5) is 51.4. The van der Waals surface area contributed by atoms with Gasteiger partial charge in [-0.3, -0.25) is 19.0 Å². The number of Topliss-reactive ketones (excluding diaryl/α,β-unsaturated/α-hetero) is 1. The zero-order valence-electron chi connectivity index (χ0n) is 27.6. The van der Waals surface area contributed by atoms with Crippen LogP contribution in [0.3, 0.4) is 0 Å². The average Bonchev–Trinajstić information content (AvgIpc) is 2.99. The van der Waals surface area contributed by atoms with E-state index in [0.717, 1.165) is 12.3 Å². The van der Waals surface area contributed by atoms with Gasteiger partial charge in [0, 0.05) is 37.0 Å². The molecule has 1 aromatic heterocycles. The van der Waals surface area contributed by atoms with Gasteiger partial charge in [0.25, 0.3) is 5.56 Å². The molecular weight excluding hydrogens is 520 g/mol. The number of carboxylic acid groups (broad SMARTS) is 1. The maximum absolute atomic E-state index is 13.9. The van der Waals surface area contributed by atoms with Crippen LogP contribution in [0, 0.1) is 0 Å². The third-order valence-corrected chi connectivity index (χ3v) is 5.86. The van der Waals surface area contributed by atoms with Crippen molar-refractivity contribution in [1.29, 1.82) is 0 Å². The average molecular weight is 552 g/mol. The number of carbonyl (C=O) groups excluding carboxylic acids is 2. The molecule has 1 atom stereocenters. The van der Waals surface area contributed by atoms with E-state index in [-0.39, 0.29) is 44.5 Å². The van der Waals surface area contributed by atoms with E-state index < -0.39 is 65.6 Å². The van der Waals surface area contributed by atoms with Crippen LogP contribution in [-0.2, 0) is 11.2 Å². The van der Waals surface area contributed by atoms with Crippen LogP contribution in [0.5, 0.6) is 5.75 Å². The fourth-order valence-corrected chi connectivity index (χ4v) is 3.95. The third kappa shape index (κ3) is 6.25. The molecule has 0 saturated carbocycles. The zero-order valence-corrected chi connectivity index (χ0v) is 21.3. The molecule has 0 radical (unpaired) electrons. The monoisotopic (exact) mass is 551 g/mol. The highest BCUT2D eigenvalue weighted by atomic mass is 35.5. The van der Waals surface area contributed by atoms with Gasteiger partial charge in [0.2, 0.25) is 5.91 Å². The Kier molecular flexibility index (Phi) is 5.86. The van der Waals surface area contributed by atoms with E-state index in [1.807, 2.05) is 0 Å². The van der Waals surface area contributed by atoms with Crippen molar-refractivity contribution < 1.29 is 33.8 Å². The maximum Gasteiger partial charge on any atom is 0.335 e. The van der Waals surface area contributed by atoms with Gasteiger partial charge in [-0.1, -0.05) is 41.8 Å². The molecule has 0 spiro atoms. The Hall–Kier alpha value is -4.69. The van der Waals surface area contributed by atoms with Crippen LogP contribution in [0.25, 0.3) is 11.1 Å². The summed E-state index contributed by atoms with van der Waals surface area (Å²) in [6, 6.07) is 3.58. The highest BCUT2D eigenvalue weighted by Gasteiger charge is 2.25. The SMILES string of the molecule is [2H]c1c([2H])c([2H])c(C([2H])([2H])[C@@H](C(=O)Nc2ccc(C(=O)O)cc2)n2cc(OC)c(-c3cc(Cl)ccc3C(C)=O)cc2=O)c([2H])c1[2H]. The number of hydrogen-bond acceptors (Lipinski definition) is 5. The van der Waals surface area contributed by atoms with E-state index in [1.54, 1.807) is 0 Å². The van der Waals surface area contributed by atoms with E-state index in [4.69, 9.17) is 25.9 Å². The van der Waals surface area contributed by atoms with E-state index in [9.17, 15) is 24.3 Å². The van der Waals surface area contributed by atoms with Crippen LogP contribution in [0.15, 0.2) is 89.7 Å². The fraction of sp³-hybridized carbons (Fsp3) is 0.133. The smallest absolute Gasteiger partial charge is 0.335 e. The largest absolute Gasteiger partial charge is 0.495 e. The summed E-state index contributed by atoms with van der Waals surface area (Å²) in [5.74, 6) is -2.88. The summed E-state index contributed by atoms with van der Waals surface area (Å²) >= 11 is 6.18. The molecule has 39 heavy (non-hydrogen) atoms. The number of benzene rings is 3. The Morgan fingerprint density at radius 2 is 1.77 bits per heavy atom.